The largest absolute Gasteiger partial charge is 0.390 e. The van der Waals surface area contributed by atoms with E-state index in [0.717, 1.165) is 0 Å². The molecule has 1 aromatic rings. The number of carbonyl (C=O) groups excluding carboxylic acids is 1. The summed E-state index contributed by atoms with van der Waals surface area (Å²) < 4.78 is 10.1. The number of hydrogen-bond donors (Lipinski definition) is 2. The summed E-state index contributed by atoms with van der Waals surface area (Å²) in [6, 6.07) is 0. The van der Waals surface area contributed by atoms with Crippen molar-refractivity contribution in [3.63, 3.8) is 0 Å². The second-order valence-electron chi connectivity index (χ2n) is 5.23. The zero-order valence-electron chi connectivity index (χ0n) is 12.6. The van der Waals surface area contributed by atoms with Gasteiger partial charge in [0, 0.05) is 39.7 Å². The van der Waals surface area contributed by atoms with Gasteiger partial charge in [-0.1, -0.05) is 5.16 Å². The van der Waals surface area contributed by atoms with E-state index in [1.165, 1.54) is 4.90 Å². The fourth-order valence-corrected chi connectivity index (χ4v) is 2.37. The monoisotopic (exact) mass is 314 g/mol. The number of amides is 1. The number of methoxy groups -OCH3 is 1. The Morgan fingerprint density at radius 2 is 2.27 bits per heavy atom. The molecule has 1 aliphatic heterocycles. The number of nitrogens with zero attached hydrogens (tertiary/aromatic N) is 4. The molecule has 2 N–H and O–H groups in total. The summed E-state index contributed by atoms with van der Waals surface area (Å²) in [4.78, 5) is 19.2. The van der Waals surface area contributed by atoms with Crippen molar-refractivity contribution >= 4 is 5.91 Å². The van der Waals surface area contributed by atoms with Crippen LogP contribution in [0.5, 0.6) is 0 Å². The van der Waals surface area contributed by atoms with Gasteiger partial charge in [0.05, 0.1) is 19.3 Å². The van der Waals surface area contributed by atoms with Crippen molar-refractivity contribution in [1.29, 1.82) is 0 Å². The van der Waals surface area contributed by atoms with Crippen molar-refractivity contribution in [2.75, 3.05) is 46.5 Å². The van der Waals surface area contributed by atoms with E-state index in [2.05, 4.69) is 10.1 Å². The highest BCUT2D eigenvalue weighted by atomic mass is 16.5. The van der Waals surface area contributed by atoms with E-state index in [9.17, 15) is 9.90 Å². The van der Waals surface area contributed by atoms with Crippen LogP contribution in [0.4, 0.5) is 0 Å². The van der Waals surface area contributed by atoms with Gasteiger partial charge < -0.3 is 24.4 Å². The molecule has 0 aliphatic carbocycles. The Bertz CT molecular complexity index is 481. The van der Waals surface area contributed by atoms with Gasteiger partial charge in [-0.15, -0.1) is 0 Å². The smallest absolute Gasteiger partial charge is 0.248 e. The van der Waals surface area contributed by atoms with Gasteiger partial charge >= 0.3 is 0 Å². The van der Waals surface area contributed by atoms with Gasteiger partial charge in [0.15, 0.2) is 5.82 Å². The molecule has 0 aromatic carbocycles. The fraction of sp³-hybridized carbons (Fsp3) is 0.769. The SMILES string of the molecule is COCCc1noc(CN2CCN(C(=O)CO)C[C@H](O)C2)n1. The number of aliphatic hydroxyl groups is 2. The molecule has 1 aromatic heterocycles. The molecule has 124 valence electrons. The minimum absolute atomic E-state index is 0.221. The number of hydrogen-bond acceptors (Lipinski definition) is 8. The molecule has 0 unspecified atom stereocenters. The third-order valence-corrected chi connectivity index (χ3v) is 3.47. The summed E-state index contributed by atoms with van der Waals surface area (Å²) in [6.07, 6.45) is -0.0876. The molecule has 9 heteroatoms. The summed E-state index contributed by atoms with van der Waals surface area (Å²) >= 11 is 0. The Balaban J connectivity index is 1.89. The number of aromatic nitrogens is 2. The third kappa shape index (κ3) is 4.73. The molecule has 9 nitrogen and oxygen atoms in total. The van der Waals surface area contributed by atoms with Gasteiger partial charge in [0.25, 0.3) is 0 Å². The van der Waals surface area contributed by atoms with Crippen LogP contribution >= 0.6 is 0 Å². The van der Waals surface area contributed by atoms with Gasteiger partial charge in [-0.25, -0.2) is 0 Å². The van der Waals surface area contributed by atoms with E-state index in [1.54, 1.807) is 7.11 Å². The first kappa shape index (κ1) is 16.8. The summed E-state index contributed by atoms with van der Waals surface area (Å²) in [5.41, 5.74) is 0. The topological polar surface area (TPSA) is 112 Å². The average Bonchev–Trinajstić information content (AvgIpc) is 2.86. The molecular weight excluding hydrogens is 292 g/mol. The first-order valence-corrected chi connectivity index (χ1v) is 7.21. The summed E-state index contributed by atoms with van der Waals surface area (Å²) in [7, 11) is 1.61. The lowest BCUT2D eigenvalue weighted by atomic mass is 10.3. The van der Waals surface area contributed by atoms with Crippen LogP contribution < -0.4 is 0 Å². The minimum Gasteiger partial charge on any atom is -0.390 e. The lowest BCUT2D eigenvalue weighted by Crippen LogP contribution is -2.39. The second-order valence-corrected chi connectivity index (χ2v) is 5.23. The van der Waals surface area contributed by atoms with E-state index in [-0.39, 0.29) is 12.5 Å². The van der Waals surface area contributed by atoms with Gasteiger partial charge in [-0.05, 0) is 0 Å². The molecule has 0 saturated carbocycles. The maximum Gasteiger partial charge on any atom is 0.248 e. The van der Waals surface area contributed by atoms with Crippen molar-refractivity contribution in [3.8, 4) is 0 Å². The summed E-state index contributed by atoms with van der Waals surface area (Å²) in [5.74, 6) is 0.685. The first-order valence-electron chi connectivity index (χ1n) is 7.21. The molecule has 0 radical (unpaired) electrons. The lowest BCUT2D eigenvalue weighted by molar-refractivity contribution is -0.135. The van der Waals surface area contributed by atoms with Crippen LogP contribution in [0.25, 0.3) is 0 Å². The number of rotatable bonds is 6. The number of carbonyl (C=O) groups is 1. The van der Waals surface area contributed by atoms with Crippen LogP contribution in [0.3, 0.4) is 0 Å². The molecule has 0 bridgehead atoms. The predicted molar refractivity (Wildman–Crippen MR) is 74.8 cm³/mol. The predicted octanol–water partition coefficient (Wildman–Crippen LogP) is -1.74. The first-order chi connectivity index (χ1) is 10.6. The third-order valence-electron chi connectivity index (χ3n) is 3.47. The molecule has 2 heterocycles. The quantitative estimate of drug-likeness (QED) is 0.636. The van der Waals surface area contributed by atoms with Crippen LogP contribution in [0, 0.1) is 0 Å². The molecular formula is C13H22N4O5. The normalized spacial score (nSPS) is 20.1. The number of ether oxygens (including phenoxy) is 1. The summed E-state index contributed by atoms with van der Waals surface area (Å²) in [5, 5.41) is 22.7. The molecule has 2 rings (SSSR count). The maximum atomic E-state index is 11.5. The van der Waals surface area contributed by atoms with Crippen molar-refractivity contribution < 1.29 is 24.3 Å². The molecule has 1 aliphatic rings. The molecule has 0 spiro atoms. The van der Waals surface area contributed by atoms with Crippen molar-refractivity contribution in [1.82, 2.24) is 19.9 Å². The molecule has 22 heavy (non-hydrogen) atoms. The molecule has 1 fully saturated rings. The highest BCUT2D eigenvalue weighted by Crippen LogP contribution is 2.09. The van der Waals surface area contributed by atoms with E-state index >= 15 is 0 Å². The van der Waals surface area contributed by atoms with Crippen molar-refractivity contribution in [3.05, 3.63) is 11.7 Å². The second kappa shape index (κ2) is 8.18. The van der Waals surface area contributed by atoms with Crippen LogP contribution in [-0.4, -0.2) is 88.7 Å². The van der Waals surface area contributed by atoms with Gasteiger partial charge in [-0.2, -0.15) is 4.98 Å². The van der Waals surface area contributed by atoms with Gasteiger partial charge in [0.2, 0.25) is 11.8 Å². The lowest BCUT2D eigenvalue weighted by Gasteiger charge is -2.20. The van der Waals surface area contributed by atoms with Crippen molar-refractivity contribution in [2.45, 2.75) is 19.1 Å². The Morgan fingerprint density at radius 3 is 3.00 bits per heavy atom. The van der Waals surface area contributed by atoms with E-state index in [0.29, 0.717) is 50.9 Å². The Hall–Kier alpha value is -1.55. The molecule has 1 amide bonds. The maximum absolute atomic E-state index is 11.5. The van der Waals surface area contributed by atoms with Crippen LogP contribution in [0.1, 0.15) is 11.7 Å². The van der Waals surface area contributed by atoms with Crippen molar-refractivity contribution in [2.24, 2.45) is 0 Å². The summed E-state index contributed by atoms with van der Waals surface area (Å²) in [6.45, 7) is 2.04. The van der Waals surface area contributed by atoms with E-state index < -0.39 is 12.7 Å². The van der Waals surface area contributed by atoms with Crippen LogP contribution in [-0.2, 0) is 22.5 Å². The van der Waals surface area contributed by atoms with E-state index in [4.69, 9.17) is 14.4 Å². The zero-order chi connectivity index (χ0) is 15.9. The molecule has 1 atom stereocenters. The Morgan fingerprint density at radius 1 is 1.45 bits per heavy atom. The highest BCUT2D eigenvalue weighted by molar-refractivity contribution is 5.77. The van der Waals surface area contributed by atoms with Crippen LogP contribution in [0.15, 0.2) is 4.52 Å². The standard InChI is InChI=1S/C13H22N4O5/c1-21-5-2-11-14-12(22-15-11)8-16-3-4-17(13(20)9-18)7-10(19)6-16/h10,18-19H,2-9H2,1H3/t10-/m1/s1. The number of β-amino-alcohol motifs (C(OH)–C–C–N with tert-alkyl or cyclic N) is 1. The zero-order valence-corrected chi connectivity index (χ0v) is 12.6. The van der Waals surface area contributed by atoms with Crippen LogP contribution in [0.2, 0.25) is 0 Å². The highest BCUT2D eigenvalue weighted by Gasteiger charge is 2.25. The van der Waals surface area contributed by atoms with E-state index in [1.807, 2.05) is 4.90 Å². The van der Waals surface area contributed by atoms with Gasteiger partial charge in [0.1, 0.15) is 6.61 Å². The molecule has 1 saturated heterocycles. The fourth-order valence-electron chi connectivity index (χ4n) is 2.37. The minimum atomic E-state index is -0.672. The Labute approximate surface area is 128 Å². The van der Waals surface area contributed by atoms with Gasteiger partial charge in [-0.3, -0.25) is 9.69 Å². The average molecular weight is 314 g/mol. The Kier molecular flexibility index (Phi) is 6.25. The number of aliphatic hydroxyl groups excluding tert-OH is 2.